The second-order valence-corrected chi connectivity index (χ2v) is 5.61. The van der Waals surface area contributed by atoms with Gasteiger partial charge in [0.1, 0.15) is 30.4 Å². The number of nitrogens with one attached hydrogen (secondary N) is 1. The van der Waals surface area contributed by atoms with E-state index in [1.165, 1.54) is 4.90 Å². The van der Waals surface area contributed by atoms with Gasteiger partial charge in [0.2, 0.25) is 0 Å². The summed E-state index contributed by atoms with van der Waals surface area (Å²) in [4.78, 5) is 29.2. The molecule has 8 nitrogen and oxygen atoms in total. The Hall–Kier alpha value is -3.13. The first-order chi connectivity index (χ1) is 12.6. The molecule has 0 saturated heterocycles. The number of anilines is 2. The van der Waals surface area contributed by atoms with Gasteiger partial charge >= 0.3 is 5.97 Å². The summed E-state index contributed by atoms with van der Waals surface area (Å²) in [6.07, 6.45) is 0. The van der Waals surface area contributed by atoms with Crippen molar-refractivity contribution in [3.63, 3.8) is 0 Å². The molecule has 0 atom stereocenters. The molecule has 0 spiro atoms. The Kier molecular flexibility index (Phi) is 5.65. The number of aromatic nitrogens is 1. The zero-order chi connectivity index (χ0) is 18.4. The summed E-state index contributed by atoms with van der Waals surface area (Å²) in [7, 11) is 0. The highest BCUT2D eigenvalue weighted by atomic mass is 16.5. The lowest BCUT2D eigenvalue weighted by molar-refractivity contribution is -0.137. The third-order valence-electron chi connectivity index (χ3n) is 3.72. The van der Waals surface area contributed by atoms with Gasteiger partial charge in [0.05, 0.1) is 18.9 Å². The first-order valence-electron chi connectivity index (χ1n) is 8.18. The van der Waals surface area contributed by atoms with Crippen molar-refractivity contribution in [1.82, 2.24) is 9.88 Å². The summed E-state index contributed by atoms with van der Waals surface area (Å²) >= 11 is 0. The predicted molar refractivity (Wildman–Crippen MR) is 93.8 cm³/mol. The van der Waals surface area contributed by atoms with E-state index in [0.29, 0.717) is 30.5 Å². The van der Waals surface area contributed by atoms with Gasteiger partial charge in [-0.1, -0.05) is 18.2 Å². The van der Waals surface area contributed by atoms with Crippen LogP contribution >= 0.6 is 0 Å². The van der Waals surface area contributed by atoms with Crippen LogP contribution in [-0.4, -0.2) is 59.8 Å². The van der Waals surface area contributed by atoms with Gasteiger partial charge in [-0.05, 0) is 24.3 Å². The molecule has 3 rings (SSSR count). The number of aliphatic carboxylic acids is 1. The number of hydrogen-bond donors (Lipinski definition) is 2. The van der Waals surface area contributed by atoms with Crippen molar-refractivity contribution in [2.75, 3.05) is 38.2 Å². The van der Waals surface area contributed by atoms with Crippen molar-refractivity contribution in [2.24, 2.45) is 0 Å². The first kappa shape index (κ1) is 17.7. The molecule has 136 valence electrons. The quantitative estimate of drug-likeness (QED) is 0.844. The molecule has 0 unspecified atom stereocenters. The molecule has 1 amide bonds. The largest absolute Gasteiger partial charge is 0.489 e. The second-order valence-electron chi connectivity index (χ2n) is 5.61. The fourth-order valence-electron chi connectivity index (χ4n) is 2.52. The van der Waals surface area contributed by atoms with E-state index in [1.807, 2.05) is 24.3 Å². The minimum Gasteiger partial charge on any atom is -0.489 e. The summed E-state index contributed by atoms with van der Waals surface area (Å²) in [5.41, 5.74) is 0.871. The smallest absolute Gasteiger partial charge is 0.323 e. The number of para-hydroxylation sites is 2. The van der Waals surface area contributed by atoms with Gasteiger partial charge in [0.15, 0.2) is 0 Å². The molecule has 0 saturated carbocycles. The van der Waals surface area contributed by atoms with Crippen LogP contribution in [-0.2, 0) is 9.53 Å². The molecule has 2 heterocycles. The van der Waals surface area contributed by atoms with Gasteiger partial charge in [0, 0.05) is 6.54 Å². The van der Waals surface area contributed by atoms with Crippen LogP contribution < -0.4 is 10.1 Å². The van der Waals surface area contributed by atoms with Crippen molar-refractivity contribution in [3.8, 4) is 5.75 Å². The van der Waals surface area contributed by atoms with Crippen molar-refractivity contribution in [3.05, 3.63) is 48.2 Å². The number of ether oxygens (including phenoxy) is 2. The summed E-state index contributed by atoms with van der Waals surface area (Å²) in [6, 6.07) is 12.4. The summed E-state index contributed by atoms with van der Waals surface area (Å²) in [6.45, 7) is 0.607. The first-order valence-corrected chi connectivity index (χ1v) is 8.18. The molecule has 2 aromatic rings. The zero-order valence-electron chi connectivity index (χ0n) is 14.1. The van der Waals surface area contributed by atoms with E-state index in [-0.39, 0.29) is 18.8 Å². The predicted octanol–water partition coefficient (Wildman–Crippen LogP) is 1.76. The second kappa shape index (κ2) is 8.30. The molecule has 26 heavy (non-hydrogen) atoms. The summed E-state index contributed by atoms with van der Waals surface area (Å²) in [5.74, 6) is -0.429. The van der Waals surface area contributed by atoms with Crippen LogP contribution in [0.2, 0.25) is 0 Å². The molecular formula is C18H19N3O5. The van der Waals surface area contributed by atoms with E-state index < -0.39 is 18.4 Å². The van der Waals surface area contributed by atoms with Crippen molar-refractivity contribution >= 4 is 23.4 Å². The van der Waals surface area contributed by atoms with Crippen molar-refractivity contribution in [2.45, 2.75) is 0 Å². The Balaban J connectivity index is 1.92. The van der Waals surface area contributed by atoms with E-state index >= 15 is 0 Å². The normalized spacial score (nSPS) is 15.2. The Bertz CT molecular complexity index is 796. The van der Waals surface area contributed by atoms with Crippen LogP contribution in [0.5, 0.6) is 5.75 Å². The lowest BCUT2D eigenvalue weighted by Gasteiger charge is -2.21. The standard InChI is InChI=1S/C18H19N3O5/c22-17(23)12-21-8-9-25-10-11-26-15-6-2-1-4-13(15)19-16-7-3-5-14(20-16)18(21)24/h1-7H,8-12H2,(H,19,20)(H,22,23). The van der Waals surface area contributed by atoms with Crippen LogP contribution in [0.4, 0.5) is 11.5 Å². The molecule has 0 aliphatic carbocycles. The van der Waals surface area contributed by atoms with E-state index in [1.54, 1.807) is 18.2 Å². The average molecular weight is 357 g/mol. The molecule has 2 bridgehead atoms. The number of hydrogen-bond acceptors (Lipinski definition) is 6. The van der Waals surface area contributed by atoms with E-state index in [4.69, 9.17) is 14.6 Å². The third-order valence-corrected chi connectivity index (χ3v) is 3.72. The Morgan fingerprint density at radius 3 is 2.85 bits per heavy atom. The minimum atomic E-state index is -1.09. The average Bonchev–Trinajstić information content (AvgIpc) is 2.63. The number of carboxylic acids is 1. The fraction of sp³-hybridized carbons (Fsp3) is 0.278. The number of pyridine rings is 1. The highest BCUT2D eigenvalue weighted by Gasteiger charge is 2.20. The van der Waals surface area contributed by atoms with Gasteiger partial charge in [-0.25, -0.2) is 4.98 Å². The molecule has 0 fully saturated rings. The molecule has 1 aliphatic rings. The SMILES string of the molecule is O=C(O)CN1CCOCCOc2ccccc2Nc2cccc(n2)C1=O. The van der Waals surface area contributed by atoms with Crippen LogP contribution in [0, 0.1) is 0 Å². The Labute approximate surface area is 150 Å². The minimum absolute atomic E-state index is 0.154. The fourth-order valence-corrected chi connectivity index (χ4v) is 2.52. The van der Waals surface area contributed by atoms with Gasteiger partial charge in [0.25, 0.3) is 5.91 Å². The molecule has 1 aromatic carbocycles. The van der Waals surface area contributed by atoms with E-state index in [0.717, 1.165) is 0 Å². The lowest BCUT2D eigenvalue weighted by atomic mass is 10.2. The molecule has 1 aliphatic heterocycles. The number of fused-ring (bicyclic) bond motifs is 3. The molecule has 2 N–H and O–H groups in total. The molecule has 0 radical (unpaired) electrons. The van der Waals surface area contributed by atoms with Crippen LogP contribution in [0.3, 0.4) is 0 Å². The molecule has 1 aromatic heterocycles. The number of carbonyl (C=O) groups excluding carboxylic acids is 1. The van der Waals surface area contributed by atoms with E-state index in [9.17, 15) is 9.59 Å². The summed E-state index contributed by atoms with van der Waals surface area (Å²) in [5, 5.41) is 12.2. The molecule has 8 heteroatoms. The number of carboxylic acid groups (broad SMARTS) is 1. The number of nitrogens with zero attached hydrogens (tertiary/aromatic N) is 2. The van der Waals surface area contributed by atoms with E-state index in [2.05, 4.69) is 10.3 Å². The monoisotopic (exact) mass is 357 g/mol. The maximum atomic E-state index is 12.7. The number of carbonyl (C=O) groups is 2. The van der Waals surface area contributed by atoms with Gasteiger partial charge in [-0.2, -0.15) is 0 Å². The van der Waals surface area contributed by atoms with Crippen molar-refractivity contribution in [1.29, 1.82) is 0 Å². The zero-order valence-corrected chi connectivity index (χ0v) is 14.1. The Morgan fingerprint density at radius 2 is 2.00 bits per heavy atom. The molecular weight excluding hydrogens is 338 g/mol. The van der Waals surface area contributed by atoms with Crippen LogP contribution in [0.1, 0.15) is 10.5 Å². The van der Waals surface area contributed by atoms with Crippen LogP contribution in [0.15, 0.2) is 42.5 Å². The topological polar surface area (TPSA) is 101 Å². The number of amides is 1. The Morgan fingerprint density at radius 1 is 1.15 bits per heavy atom. The maximum absolute atomic E-state index is 12.7. The van der Waals surface area contributed by atoms with Crippen LogP contribution in [0.25, 0.3) is 0 Å². The van der Waals surface area contributed by atoms with Gasteiger partial charge in [-0.3, -0.25) is 9.59 Å². The third kappa shape index (κ3) is 4.48. The lowest BCUT2D eigenvalue weighted by Crippen LogP contribution is -2.38. The highest BCUT2D eigenvalue weighted by Crippen LogP contribution is 2.26. The van der Waals surface area contributed by atoms with Crippen molar-refractivity contribution < 1.29 is 24.2 Å². The number of rotatable bonds is 2. The highest BCUT2D eigenvalue weighted by molar-refractivity contribution is 5.94. The number of benzene rings is 1. The van der Waals surface area contributed by atoms with Gasteiger partial charge in [-0.15, -0.1) is 0 Å². The summed E-state index contributed by atoms with van der Waals surface area (Å²) < 4.78 is 11.2. The maximum Gasteiger partial charge on any atom is 0.323 e. The van der Waals surface area contributed by atoms with Gasteiger partial charge < -0.3 is 24.8 Å².